The van der Waals surface area contributed by atoms with E-state index in [4.69, 9.17) is 9.15 Å². The summed E-state index contributed by atoms with van der Waals surface area (Å²) < 4.78 is 11.1. The Bertz CT molecular complexity index is 1250. The highest BCUT2D eigenvalue weighted by Crippen LogP contribution is 2.20. The molecule has 0 saturated carbocycles. The number of ether oxygens (including phenoxy) is 1. The third-order valence-corrected chi connectivity index (χ3v) is 5.90. The molecule has 2 aromatic carbocycles. The number of nitrogens with zero attached hydrogens (tertiary/aromatic N) is 3. The van der Waals surface area contributed by atoms with Crippen molar-refractivity contribution in [2.24, 2.45) is 0 Å². The molecule has 8 nitrogen and oxygen atoms in total. The van der Waals surface area contributed by atoms with E-state index in [9.17, 15) is 4.79 Å². The topological polar surface area (TPSA) is 86.6 Å². The zero-order valence-corrected chi connectivity index (χ0v) is 20.6. The second kappa shape index (κ2) is 11.7. The van der Waals surface area contributed by atoms with Crippen LogP contribution in [-0.4, -0.2) is 66.5 Å². The van der Waals surface area contributed by atoms with E-state index in [-0.39, 0.29) is 5.91 Å². The van der Waals surface area contributed by atoms with Gasteiger partial charge >= 0.3 is 0 Å². The van der Waals surface area contributed by atoms with E-state index in [1.807, 2.05) is 43.3 Å². The molecule has 4 aromatic rings. The molecule has 0 aliphatic heterocycles. The van der Waals surface area contributed by atoms with Gasteiger partial charge in [-0.25, -0.2) is 4.98 Å². The zero-order chi connectivity index (χ0) is 24.6. The number of amides is 1. The second-order valence-corrected chi connectivity index (χ2v) is 8.86. The third-order valence-electron chi connectivity index (χ3n) is 5.90. The number of carbonyl (C=O) groups excluding carboxylic acids is 1. The minimum Gasteiger partial charge on any atom is -0.497 e. The van der Waals surface area contributed by atoms with Gasteiger partial charge in [-0.15, -0.1) is 0 Å². The first kappa shape index (κ1) is 24.5. The molecule has 8 heteroatoms. The van der Waals surface area contributed by atoms with Gasteiger partial charge in [-0.1, -0.05) is 30.3 Å². The molecule has 0 radical (unpaired) electrons. The first-order valence-electron chi connectivity index (χ1n) is 11.8. The summed E-state index contributed by atoms with van der Waals surface area (Å²) in [6.07, 6.45) is 4.38. The van der Waals surface area contributed by atoms with Crippen molar-refractivity contribution in [1.82, 2.24) is 25.1 Å². The Labute approximate surface area is 205 Å². The molecule has 0 unspecified atom stereocenters. The number of oxazole rings is 1. The highest BCUT2D eigenvalue weighted by molar-refractivity contribution is 5.91. The summed E-state index contributed by atoms with van der Waals surface area (Å²) in [5, 5.41) is 4.11. The normalized spacial score (nSPS) is 11.5. The average molecular weight is 476 g/mol. The van der Waals surface area contributed by atoms with Crippen molar-refractivity contribution in [2.45, 2.75) is 19.5 Å². The van der Waals surface area contributed by atoms with Crippen LogP contribution in [-0.2, 0) is 19.5 Å². The third kappa shape index (κ3) is 6.71. The van der Waals surface area contributed by atoms with Crippen LogP contribution in [0.5, 0.6) is 5.75 Å². The van der Waals surface area contributed by atoms with Gasteiger partial charge in [-0.3, -0.25) is 9.69 Å². The number of aromatic nitrogens is 2. The highest BCUT2D eigenvalue weighted by atomic mass is 16.5. The van der Waals surface area contributed by atoms with Crippen LogP contribution in [0, 0.1) is 0 Å². The Morgan fingerprint density at radius 3 is 2.80 bits per heavy atom. The van der Waals surface area contributed by atoms with E-state index in [1.165, 1.54) is 17.2 Å². The predicted molar refractivity (Wildman–Crippen MR) is 137 cm³/mol. The number of nitrogens with one attached hydrogen (secondary N) is 2. The number of rotatable bonds is 12. The lowest BCUT2D eigenvalue weighted by molar-refractivity contribution is 0.0946. The number of fused-ring (bicyclic) bond motifs is 1. The summed E-state index contributed by atoms with van der Waals surface area (Å²) in [6.45, 7) is 3.31. The van der Waals surface area contributed by atoms with Crippen LogP contribution in [0.4, 0.5) is 0 Å². The van der Waals surface area contributed by atoms with E-state index < -0.39 is 0 Å². The van der Waals surface area contributed by atoms with Crippen LogP contribution in [0.15, 0.2) is 65.4 Å². The molecule has 2 heterocycles. The summed E-state index contributed by atoms with van der Waals surface area (Å²) in [6, 6.07) is 16.4. The lowest BCUT2D eigenvalue weighted by atomic mass is 10.1. The van der Waals surface area contributed by atoms with Gasteiger partial charge in [0.1, 0.15) is 12.0 Å². The molecule has 0 fully saturated rings. The van der Waals surface area contributed by atoms with Crippen LogP contribution < -0.4 is 10.1 Å². The van der Waals surface area contributed by atoms with Gasteiger partial charge < -0.3 is 24.4 Å². The molecule has 184 valence electrons. The molecule has 0 atom stereocenters. The van der Waals surface area contributed by atoms with Crippen LogP contribution in [0.25, 0.3) is 10.9 Å². The standard InChI is InChI=1S/C27H33N5O3/c1-31(2)14-12-28-27(33)25-19-35-26(30-25)18-32(17-20-7-6-8-22(15-20)34-3)13-11-21-16-29-24-10-5-4-9-23(21)24/h4-10,15-16,19,29H,11-14,17-18H2,1-3H3,(H,28,33). The first-order valence-corrected chi connectivity index (χ1v) is 11.8. The number of methoxy groups -OCH3 is 1. The Balaban J connectivity index is 1.46. The smallest absolute Gasteiger partial charge is 0.273 e. The van der Waals surface area contributed by atoms with Gasteiger partial charge in [0.25, 0.3) is 5.91 Å². The molecule has 0 bridgehead atoms. The van der Waals surface area contributed by atoms with E-state index in [1.54, 1.807) is 7.11 Å². The first-order chi connectivity index (χ1) is 17.0. The fraction of sp³-hybridized carbons (Fsp3) is 0.333. The average Bonchev–Trinajstić information content (AvgIpc) is 3.49. The van der Waals surface area contributed by atoms with Crippen molar-refractivity contribution in [3.63, 3.8) is 0 Å². The molecule has 0 saturated heterocycles. The molecule has 35 heavy (non-hydrogen) atoms. The minimum atomic E-state index is -0.222. The van der Waals surface area contributed by atoms with Crippen molar-refractivity contribution >= 4 is 16.8 Å². The van der Waals surface area contributed by atoms with E-state index in [2.05, 4.69) is 50.6 Å². The quantitative estimate of drug-likeness (QED) is 0.325. The maximum atomic E-state index is 12.4. The number of carbonyl (C=O) groups is 1. The van der Waals surface area contributed by atoms with Gasteiger partial charge in [0.05, 0.1) is 13.7 Å². The number of likely N-dealkylation sites (N-methyl/N-ethyl adjacent to an activating group) is 1. The fourth-order valence-electron chi connectivity index (χ4n) is 4.02. The van der Waals surface area contributed by atoms with Crippen molar-refractivity contribution in [3.05, 3.63) is 83.7 Å². The van der Waals surface area contributed by atoms with Crippen molar-refractivity contribution in [2.75, 3.05) is 40.8 Å². The van der Waals surface area contributed by atoms with Crippen LogP contribution in [0.2, 0.25) is 0 Å². The van der Waals surface area contributed by atoms with Gasteiger partial charge in [-0.2, -0.15) is 0 Å². The Morgan fingerprint density at radius 2 is 1.97 bits per heavy atom. The summed E-state index contributed by atoms with van der Waals surface area (Å²) in [5.74, 6) is 1.12. The maximum absolute atomic E-state index is 12.4. The lowest BCUT2D eigenvalue weighted by Crippen LogP contribution is -2.31. The van der Waals surface area contributed by atoms with Gasteiger partial charge in [0.2, 0.25) is 5.89 Å². The van der Waals surface area contributed by atoms with E-state index in [0.29, 0.717) is 31.2 Å². The van der Waals surface area contributed by atoms with E-state index >= 15 is 0 Å². The SMILES string of the molecule is COc1cccc(CN(CCc2c[nH]c3ccccc23)Cc2nc(C(=O)NCCN(C)C)co2)c1. The fourth-order valence-corrected chi connectivity index (χ4v) is 4.02. The van der Waals surface area contributed by atoms with Crippen molar-refractivity contribution < 1.29 is 13.9 Å². The summed E-state index contributed by atoms with van der Waals surface area (Å²) in [5.41, 5.74) is 3.84. The minimum absolute atomic E-state index is 0.222. The number of aromatic amines is 1. The molecule has 0 aliphatic rings. The summed E-state index contributed by atoms with van der Waals surface area (Å²) in [4.78, 5) is 24.5. The van der Waals surface area contributed by atoms with Gasteiger partial charge in [0, 0.05) is 43.3 Å². The molecule has 0 spiro atoms. The van der Waals surface area contributed by atoms with Crippen molar-refractivity contribution in [1.29, 1.82) is 0 Å². The van der Waals surface area contributed by atoms with Crippen LogP contribution >= 0.6 is 0 Å². The molecule has 2 aromatic heterocycles. The Morgan fingerprint density at radius 1 is 1.11 bits per heavy atom. The molecule has 0 aliphatic carbocycles. The van der Waals surface area contributed by atoms with E-state index in [0.717, 1.165) is 36.3 Å². The molecule has 1 amide bonds. The summed E-state index contributed by atoms with van der Waals surface area (Å²) in [7, 11) is 5.60. The van der Waals surface area contributed by atoms with Gasteiger partial charge in [0.15, 0.2) is 5.69 Å². The summed E-state index contributed by atoms with van der Waals surface area (Å²) >= 11 is 0. The number of hydrogen-bond donors (Lipinski definition) is 2. The molecular weight excluding hydrogens is 442 g/mol. The highest BCUT2D eigenvalue weighted by Gasteiger charge is 2.16. The number of H-pyrrole nitrogens is 1. The largest absolute Gasteiger partial charge is 0.497 e. The monoisotopic (exact) mass is 475 g/mol. The van der Waals surface area contributed by atoms with Gasteiger partial charge in [-0.05, 0) is 49.8 Å². The van der Waals surface area contributed by atoms with Crippen LogP contribution in [0.3, 0.4) is 0 Å². The van der Waals surface area contributed by atoms with Crippen LogP contribution in [0.1, 0.15) is 27.5 Å². The lowest BCUT2D eigenvalue weighted by Gasteiger charge is -2.21. The van der Waals surface area contributed by atoms with Crippen molar-refractivity contribution in [3.8, 4) is 5.75 Å². The second-order valence-electron chi connectivity index (χ2n) is 8.86. The Hall–Kier alpha value is -3.62. The number of para-hydroxylation sites is 1. The number of hydrogen-bond acceptors (Lipinski definition) is 6. The zero-order valence-electron chi connectivity index (χ0n) is 20.6. The Kier molecular flexibility index (Phi) is 8.18. The maximum Gasteiger partial charge on any atom is 0.273 e. The molecular formula is C27H33N5O3. The molecule has 4 rings (SSSR count). The molecule has 2 N–H and O–H groups in total. The number of benzene rings is 2. The predicted octanol–water partition coefficient (Wildman–Crippen LogP) is 3.70.